The average molecular weight is 516 g/mol. The zero-order valence-electron chi connectivity index (χ0n) is 20.0. The van der Waals surface area contributed by atoms with Crippen LogP contribution in [0.5, 0.6) is 0 Å². The van der Waals surface area contributed by atoms with E-state index in [2.05, 4.69) is 32.4 Å². The molecule has 0 spiro atoms. The smallest absolute Gasteiger partial charge is 0.376 e. The second-order valence-corrected chi connectivity index (χ2v) is 10.3. The van der Waals surface area contributed by atoms with Crippen LogP contribution in [0.1, 0.15) is 75.7 Å². The van der Waals surface area contributed by atoms with Crippen molar-refractivity contribution in [1.82, 2.24) is 25.0 Å². The Labute approximate surface area is 211 Å². The molecule has 1 aliphatic heterocycles. The molecule has 1 fully saturated rings. The number of fused-ring (bicyclic) bond motifs is 1. The van der Waals surface area contributed by atoms with Crippen LogP contribution in [0.2, 0.25) is 0 Å². The highest BCUT2D eigenvalue weighted by atomic mass is 32.1. The summed E-state index contributed by atoms with van der Waals surface area (Å²) in [6.45, 7) is 3.11. The fourth-order valence-corrected chi connectivity index (χ4v) is 5.92. The Morgan fingerprint density at radius 2 is 1.94 bits per heavy atom. The number of halogens is 3. The van der Waals surface area contributed by atoms with Crippen LogP contribution in [0.3, 0.4) is 0 Å². The van der Waals surface area contributed by atoms with E-state index in [9.17, 15) is 18.0 Å². The second kappa shape index (κ2) is 10.1. The van der Waals surface area contributed by atoms with Gasteiger partial charge in [-0.05, 0) is 56.2 Å². The van der Waals surface area contributed by atoms with Crippen molar-refractivity contribution in [2.45, 2.75) is 57.2 Å². The van der Waals surface area contributed by atoms with Crippen LogP contribution in [-0.4, -0.2) is 38.7 Å². The van der Waals surface area contributed by atoms with Gasteiger partial charge in [0, 0.05) is 42.5 Å². The Hall–Kier alpha value is -3.14. The number of nitrogens with zero attached hydrogens (tertiary/aromatic N) is 4. The third kappa shape index (κ3) is 5.33. The molecule has 36 heavy (non-hydrogen) atoms. The number of nitrogens with one attached hydrogen (secondary N) is 1. The van der Waals surface area contributed by atoms with E-state index in [0.29, 0.717) is 11.4 Å². The summed E-state index contributed by atoms with van der Waals surface area (Å²) >= 11 is 1.52. The van der Waals surface area contributed by atoms with Gasteiger partial charge < -0.3 is 10.2 Å². The van der Waals surface area contributed by atoms with Crippen molar-refractivity contribution >= 4 is 23.4 Å². The number of aromatic nitrogens is 3. The number of hydrogen-bond acceptors (Lipinski definition) is 5. The highest BCUT2D eigenvalue weighted by molar-refractivity contribution is 7.09. The van der Waals surface area contributed by atoms with Gasteiger partial charge in [-0.25, -0.2) is 9.67 Å². The van der Waals surface area contributed by atoms with E-state index in [0.717, 1.165) is 56.3 Å². The maximum absolute atomic E-state index is 12.9. The van der Waals surface area contributed by atoms with Crippen LogP contribution in [0.4, 0.5) is 13.2 Å². The van der Waals surface area contributed by atoms with Crippen molar-refractivity contribution in [2.75, 3.05) is 13.1 Å². The number of benzene rings is 1. The minimum absolute atomic E-state index is 0.0215. The first-order valence-corrected chi connectivity index (χ1v) is 13.1. The summed E-state index contributed by atoms with van der Waals surface area (Å²) < 4.78 is 39.9. The summed E-state index contributed by atoms with van der Waals surface area (Å²) in [6, 6.07) is 9.34. The molecule has 1 aromatic carbocycles. The Balaban J connectivity index is 1.16. The van der Waals surface area contributed by atoms with Gasteiger partial charge in [-0.3, -0.25) is 4.79 Å². The van der Waals surface area contributed by atoms with Gasteiger partial charge in [0.15, 0.2) is 5.69 Å². The first-order chi connectivity index (χ1) is 17.3. The monoisotopic (exact) mass is 515 g/mol. The molecule has 5 rings (SSSR count). The summed E-state index contributed by atoms with van der Waals surface area (Å²) in [7, 11) is 0. The lowest BCUT2D eigenvalue weighted by Gasteiger charge is -2.30. The van der Waals surface area contributed by atoms with E-state index in [1.54, 1.807) is 19.3 Å². The molecule has 1 N–H and O–H groups in total. The normalized spacial score (nSPS) is 19.0. The quantitative estimate of drug-likeness (QED) is 0.468. The highest BCUT2D eigenvalue weighted by Gasteiger charge is 2.34. The van der Waals surface area contributed by atoms with Crippen LogP contribution in [0.15, 0.2) is 41.9 Å². The lowest BCUT2D eigenvalue weighted by atomic mass is 9.88. The molecule has 3 heterocycles. The fourth-order valence-electron chi connectivity index (χ4n) is 4.95. The first-order valence-electron chi connectivity index (χ1n) is 12.2. The number of aryl methyl sites for hydroxylation is 2. The van der Waals surface area contributed by atoms with Gasteiger partial charge >= 0.3 is 6.18 Å². The first kappa shape index (κ1) is 24.5. The summed E-state index contributed by atoms with van der Waals surface area (Å²) in [5, 5.41) is 9.61. The van der Waals surface area contributed by atoms with Gasteiger partial charge in [0.2, 0.25) is 0 Å². The Bertz CT molecular complexity index is 1260. The number of carbonyl (C=O) groups excluding carboxylic acids is 1. The molecule has 6 nitrogen and oxygen atoms in total. The predicted octanol–water partition coefficient (Wildman–Crippen LogP) is 5.78. The van der Waals surface area contributed by atoms with Crippen molar-refractivity contribution in [1.29, 1.82) is 0 Å². The van der Waals surface area contributed by atoms with Crippen LogP contribution < -0.4 is 5.32 Å². The summed E-state index contributed by atoms with van der Waals surface area (Å²) in [5.74, 6) is 0.132. The van der Waals surface area contributed by atoms with E-state index in [1.807, 2.05) is 17.5 Å². The Morgan fingerprint density at radius 3 is 2.69 bits per heavy atom. The van der Waals surface area contributed by atoms with E-state index in [-0.39, 0.29) is 17.9 Å². The molecule has 2 aromatic heterocycles. The van der Waals surface area contributed by atoms with Gasteiger partial charge in [0.1, 0.15) is 5.69 Å². The molecule has 2 aliphatic rings. The molecule has 1 atom stereocenters. The number of likely N-dealkylation sites (tertiary alicyclic amines) is 1. The van der Waals surface area contributed by atoms with E-state index in [1.165, 1.54) is 27.1 Å². The van der Waals surface area contributed by atoms with Crippen molar-refractivity contribution in [2.24, 2.45) is 0 Å². The second-order valence-electron chi connectivity index (χ2n) is 9.41. The molecule has 0 bridgehead atoms. The van der Waals surface area contributed by atoms with Crippen LogP contribution in [-0.2, 0) is 12.6 Å². The zero-order chi connectivity index (χ0) is 25.3. The van der Waals surface area contributed by atoms with Crippen LogP contribution in [0, 0.1) is 6.92 Å². The molecule has 1 saturated heterocycles. The van der Waals surface area contributed by atoms with E-state index < -0.39 is 11.9 Å². The number of hydrogen-bond donors (Lipinski definition) is 1. The number of amides is 1. The van der Waals surface area contributed by atoms with Crippen molar-refractivity contribution in [3.63, 3.8) is 0 Å². The van der Waals surface area contributed by atoms with Gasteiger partial charge in [-0.15, -0.1) is 11.3 Å². The number of thiazole rings is 1. The van der Waals surface area contributed by atoms with Crippen LogP contribution in [0.25, 0.3) is 6.20 Å². The summed E-state index contributed by atoms with van der Waals surface area (Å²) in [6.07, 6.45) is 3.67. The molecule has 0 radical (unpaired) electrons. The molecule has 10 heteroatoms. The lowest BCUT2D eigenvalue weighted by Crippen LogP contribution is -2.31. The average Bonchev–Trinajstić information content (AvgIpc) is 3.51. The number of rotatable bonds is 5. The third-order valence-corrected chi connectivity index (χ3v) is 7.95. The lowest BCUT2D eigenvalue weighted by molar-refractivity contribution is -0.141. The maximum Gasteiger partial charge on any atom is 0.435 e. The molecular formula is C26H28F3N5OS. The molecule has 0 saturated carbocycles. The standard InChI is InChI=1S/C26H28F3N5OS/c1-17-15-23(26(27,28)29)32-34(17)14-13-33-11-9-19(10-12-33)25-31-22(16-36-25)24(35)30-21-8-4-6-18-5-2-3-7-20(18)21/h2-3,5,7,13-16,19,21H,4,6,8-12H2,1H3,(H,30,35). The SMILES string of the molecule is Cc1cc(C(F)(F)F)nn1C=CN1CCC(c2nc(C(=O)NC3CCCc4ccccc43)cs2)CC1. The van der Waals surface area contributed by atoms with E-state index in [4.69, 9.17) is 0 Å². The molecule has 1 amide bonds. The van der Waals surface area contributed by atoms with Crippen LogP contribution >= 0.6 is 11.3 Å². The van der Waals surface area contributed by atoms with Crippen molar-refractivity contribution < 1.29 is 18.0 Å². The van der Waals surface area contributed by atoms with E-state index >= 15 is 0 Å². The molecule has 190 valence electrons. The fraction of sp³-hybridized carbons (Fsp3) is 0.423. The molecule has 1 aliphatic carbocycles. The number of alkyl halides is 3. The van der Waals surface area contributed by atoms with Gasteiger partial charge in [-0.2, -0.15) is 18.3 Å². The van der Waals surface area contributed by atoms with Crippen molar-refractivity contribution in [3.8, 4) is 0 Å². The minimum Gasteiger partial charge on any atom is -0.376 e. The summed E-state index contributed by atoms with van der Waals surface area (Å²) in [5.41, 5.74) is 2.51. The van der Waals surface area contributed by atoms with Gasteiger partial charge in [0.05, 0.1) is 11.0 Å². The number of carbonyl (C=O) groups is 1. The highest BCUT2D eigenvalue weighted by Crippen LogP contribution is 2.32. The molecule has 3 aromatic rings. The van der Waals surface area contributed by atoms with Gasteiger partial charge in [0.25, 0.3) is 5.91 Å². The Morgan fingerprint density at radius 1 is 1.17 bits per heavy atom. The molecular weight excluding hydrogens is 487 g/mol. The largest absolute Gasteiger partial charge is 0.435 e. The minimum atomic E-state index is -4.45. The topological polar surface area (TPSA) is 63.1 Å². The predicted molar refractivity (Wildman–Crippen MR) is 133 cm³/mol. The summed E-state index contributed by atoms with van der Waals surface area (Å²) in [4.78, 5) is 19.7. The number of piperidine rings is 1. The molecule has 1 unspecified atom stereocenters. The third-order valence-electron chi connectivity index (χ3n) is 6.94. The maximum atomic E-state index is 12.9. The Kier molecular flexibility index (Phi) is 6.87. The zero-order valence-corrected chi connectivity index (χ0v) is 20.8. The van der Waals surface area contributed by atoms with Gasteiger partial charge in [-0.1, -0.05) is 24.3 Å². The van der Waals surface area contributed by atoms with Crippen molar-refractivity contribution in [3.05, 3.63) is 75.1 Å².